The van der Waals surface area contributed by atoms with Gasteiger partial charge in [-0.15, -0.1) is 13.2 Å². The number of halogens is 3. The number of pyridine rings is 1. The number of nitrogens with one attached hydrogen (secondary N) is 1. The third-order valence-corrected chi connectivity index (χ3v) is 4.41. The van der Waals surface area contributed by atoms with Crippen molar-refractivity contribution in [1.82, 2.24) is 10.3 Å². The molecule has 0 aliphatic heterocycles. The average molecular weight is 446 g/mol. The number of methoxy groups -OCH3 is 1. The summed E-state index contributed by atoms with van der Waals surface area (Å²) in [6.07, 6.45) is -2.80. The number of benzene rings is 2. The van der Waals surface area contributed by atoms with Gasteiger partial charge in [0.1, 0.15) is 11.5 Å². The first-order valence-corrected chi connectivity index (χ1v) is 9.54. The number of ether oxygens (including phenoxy) is 2. The molecule has 0 saturated carbocycles. The largest absolute Gasteiger partial charge is 0.573 e. The number of hydrogen-bond donors (Lipinski definition) is 2. The van der Waals surface area contributed by atoms with Crippen LogP contribution in [0.3, 0.4) is 0 Å². The second-order valence-electron chi connectivity index (χ2n) is 6.62. The molecular weight excluding hydrogens is 425 g/mol. The number of nitrogens with two attached hydrogens (primary N) is 1. The third-order valence-electron chi connectivity index (χ3n) is 4.41. The third kappa shape index (κ3) is 6.03. The summed E-state index contributed by atoms with van der Waals surface area (Å²) in [6, 6.07) is 14.9. The molecule has 168 valence electrons. The van der Waals surface area contributed by atoms with Crippen LogP contribution in [0.1, 0.15) is 5.56 Å². The highest BCUT2D eigenvalue weighted by Gasteiger charge is 2.31. The number of rotatable bonds is 7. The lowest BCUT2D eigenvalue weighted by Gasteiger charge is -2.24. The Morgan fingerprint density at radius 3 is 2.31 bits per heavy atom. The lowest BCUT2D eigenvalue weighted by molar-refractivity contribution is -0.274. The van der Waals surface area contributed by atoms with Crippen LogP contribution < -0.4 is 25.4 Å². The number of carbonyl (C=O) groups is 1. The SMILES string of the molecule is COc1ccc(CCNC(=O)N(c2ccc(OC(F)(F)F)cc2)c2ncccc2N)cc1. The fraction of sp³-hybridized carbons (Fsp3) is 0.182. The Morgan fingerprint density at radius 2 is 1.72 bits per heavy atom. The number of nitrogen functional groups attached to an aromatic ring is 1. The van der Waals surface area contributed by atoms with Gasteiger partial charge in [0, 0.05) is 12.7 Å². The summed E-state index contributed by atoms with van der Waals surface area (Å²) in [5.41, 5.74) is 7.48. The Bertz CT molecular complexity index is 1040. The van der Waals surface area contributed by atoms with Gasteiger partial charge in [-0.25, -0.2) is 14.7 Å². The molecule has 3 N–H and O–H groups in total. The van der Waals surface area contributed by atoms with E-state index in [2.05, 4.69) is 15.0 Å². The van der Waals surface area contributed by atoms with E-state index in [-0.39, 0.29) is 17.2 Å². The summed E-state index contributed by atoms with van der Waals surface area (Å²) in [7, 11) is 1.58. The second kappa shape index (κ2) is 9.90. The van der Waals surface area contributed by atoms with Crippen LogP contribution in [0, 0.1) is 0 Å². The van der Waals surface area contributed by atoms with Gasteiger partial charge in [0.05, 0.1) is 18.5 Å². The van der Waals surface area contributed by atoms with Gasteiger partial charge in [0.15, 0.2) is 5.82 Å². The van der Waals surface area contributed by atoms with Crippen LogP contribution in [-0.4, -0.2) is 31.0 Å². The summed E-state index contributed by atoms with van der Waals surface area (Å²) in [6.45, 7) is 0.309. The van der Waals surface area contributed by atoms with Crippen molar-refractivity contribution in [2.45, 2.75) is 12.8 Å². The van der Waals surface area contributed by atoms with Crippen LogP contribution >= 0.6 is 0 Å². The molecule has 0 aliphatic rings. The van der Waals surface area contributed by atoms with Gasteiger partial charge in [-0.2, -0.15) is 0 Å². The molecule has 0 spiro atoms. The normalized spacial score (nSPS) is 11.0. The van der Waals surface area contributed by atoms with Gasteiger partial charge in [-0.1, -0.05) is 12.1 Å². The van der Waals surface area contributed by atoms with E-state index < -0.39 is 18.1 Å². The highest BCUT2D eigenvalue weighted by Crippen LogP contribution is 2.31. The zero-order chi connectivity index (χ0) is 23.1. The number of hydrogen-bond acceptors (Lipinski definition) is 5. The van der Waals surface area contributed by atoms with Gasteiger partial charge in [-0.05, 0) is 60.5 Å². The molecule has 1 heterocycles. The number of nitrogens with zero attached hydrogens (tertiary/aromatic N) is 2. The predicted octanol–water partition coefficient (Wildman–Crippen LogP) is 4.66. The van der Waals surface area contributed by atoms with Crippen LogP contribution in [0.4, 0.5) is 35.2 Å². The highest BCUT2D eigenvalue weighted by molar-refractivity contribution is 6.00. The van der Waals surface area contributed by atoms with Crippen LogP contribution in [0.2, 0.25) is 0 Å². The molecule has 2 aromatic carbocycles. The van der Waals surface area contributed by atoms with Crippen molar-refractivity contribution < 1.29 is 27.4 Å². The number of anilines is 3. The Labute approximate surface area is 182 Å². The van der Waals surface area contributed by atoms with Crippen molar-refractivity contribution in [1.29, 1.82) is 0 Å². The van der Waals surface area contributed by atoms with E-state index in [1.807, 2.05) is 24.3 Å². The van der Waals surface area contributed by atoms with Crippen molar-refractivity contribution in [2.75, 3.05) is 24.3 Å². The van der Waals surface area contributed by atoms with Crippen molar-refractivity contribution in [3.05, 3.63) is 72.4 Å². The molecule has 0 unspecified atom stereocenters. The summed E-state index contributed by atoms with van der Waals surface area (Å²) in [4.78, 5) is 18.3. The Balaban J connectivity index is 1.76. The Hall–Kier alpha value is -3.95. The molecule has 7 nitrogen and oxygen atoms in total. The van der Waals surface area contributed by atoms with Gasteiger partial charge >= 0.3 is 12.4 Å². The molecule has 1 aromatic heterocycles. The van der Waals surface area contributed by atoms with E-state index >= 15 is 0 Å². The number of aromatic nitrogens is 1. The molecule has 32 heavy (non-hydrogen) atoms. The van der Waals surface area contributed by atoms with Crippen molar-refractivity contribution >= 4 is 23.2 Å². The summed E-state index contributed by atoms with van der Waals surface area (Å²) in [5, 5.41) is 2.79. The van der Waals surface area contributed by atoms with Crippen molar-refractivity contribution in [3.8, 4) is 11.5 Å². The first-order valence-electron chi connectivity index (χ1n) is 9.54. The van der Waals surface area contributed by atoms with Crippen LogP contribution in [-0.2, 0) is 6.42 Å². The molecule has 0 saturated heterocycles. The van der Waals surface area contributed by atoms with Gasteiger partial charge < -0.3 is 20.5 Å². The Morgan fingerprint density at radius 1 is 1.06 bits per heavy atom. The van der Waals surface area contributed by atoms with E-state index in [1.165, 1.54) is 23.2 Å². The van der Waals surface area contributed by atoms with E-state index in [0.29, 0.717) is 13.0 Å². The maximum Gasteiger partial charge on any atom is 0.573 e. The molecule has 3 rings (SSSR count). The minimum Gasteiger partial charge on any atom is -0.497 e. The topological polar surface area (TPSA) is 89.7 Å². The lowest BCUT2D eigenvalue weighted by atomic mass is 10.1. The van der Waals surface area contributed by atoms with E-state index in [1.54, 1.807) is 19.2 Å². The molecule has 0 aliphatic carbocycles. The number of amides is 2. The molecule has 0 bridgehead atoms. The number of carbonyl (C=O) groups excluding carboxylic acids is 1. The first kappa shape index (κ1) is 22.7. The van der Waals surface area contributed by atoms with E-state index in [4.69, 9.17) is 10.5 Å². The molecular formula is C22H21F3N4O3. The van der Waals surface area contributed by atoms with Gasteiger partial charge in [-0.3, -0.25) is 0 Å². The predicted molar refractivity (Wildman–Crippen MR) is 114 cm³/mol. The minimum atomic E-state index is -4.81. The Kier molecular flexibility index (Phi) is 7.04. The highest BCUT2D eigenvalue weighted by atomic mass is 19.4. The lowest BCUT2D eigenvalue weighted by Crippen LogP contribution is -2.38. The quantitative estimate of drug-likeness (QED) is 0.551. The monoisotopic (exact) mass is 446 g/mol. The standard InChI is InChI=1S/C22H21F3N4O3/c1-31-17-8-4-15(5-9-17)12-14-28-21(30)29(20-19(26)3-2-13-27-20)16-6-10-18(11-7-16)32-22(23,24)25/h2-11,13H,12,14,26H2,1H3,(H,28,30). The molecule has 3 aromatic rings. The zero-order valence-corrected chi connectivity index (χ0v) is 17.1. The second-order valence-corrected chi connectivity index (χ2v) is 6.62. The van der Waals surface area contributed by atoms with Crippen LogP contribution in [0.15, 0.2) is 66.9 Å². The zero-order valence-electron chi connectivity index (χ0n) is 17.1. The van der Waals surface area contributed by atoms with E-state index in [0.717, 1.165) is 23.4 Å². The molecule has 2 amide bonds. The average Bonchev–Trinajstić information content (AvgIpc) is 2.76. The fourth-order valence-corrected chi connectivity index (χ4v) is 2.91. The maximum absolute atomic E-state index is 13.0. The number of urea groups is 1. The number of alkyl halides is 3. The first-order chi connectivity index (χ1) is 15.3. The van der Waals surface area contributed by atoms with E-state index in [9.17, 15) is 18.0 Å². The van der Waals surface area contributed by atoms with Crippen LogP contribution in [0.5, 0.6) is 11.5 Å². The minimum absolute atomic E-state index is 0.152. The van der Waals surface area contributed by atoms with Crippen molar-refractivity contribution in [2.24, 2.45) is 0 Å². The summed E-state index contributed by atoms with van der Waals surface area (Å²) < 4.78 is 46.3. The smallest absolute Gasteiger partial charge is 0.497 e. The molecule has 0 atom stereocenters. The van der Waals surface area contributed by atoms with Crippen LogP contribution in [0.25, 0.3) is 0 Å². The maximum atomic E-state index is 13.0. The van der Waals surface area contributed by atoms with Crippen molar-refractivity contribution in [3.63, 3.8) is 0 Å². The molecule has 0 fully saturated rings. The fourth-order valence-electron chi connectivity index (χ4n) is 2.91. The summed E-state index contributed by atoms with van der Waals surface area (Å²) in [5.74, 6) is 0.474. The molecule has 0 radical (unpaired) electrons. The molecule has 10 heteroatoms. The van der Waals surface area contributed by atoms with Gasteiger partial charge in [0.25, 0.3) is 0 Å². The summed E-state index contributed by atoms with van der Waals surface area (Å²) >= 11 is 0. The van der Waals surface area contributed by atoms with Gasteiger partial charge in [0.2, 0.25) is 0 Å².